The molecule has 0 fully saturated rings. The highest BCUT2D eigenvalue weighted by Gasteiger charge is 2.15. The first-order chi connectivity index (χ1) is 14.3. The van der Waals surface area contributed by atoms with Crippen molar-refractivity contribution >= 4 is 27.5 Å². The van der Waals surface area contributed by atoms with Crippen molar-refractivity contribution in [1.29, 1.82) is 0 Å². The number of nitrogens with zero attached hydrogens (tertiary/aromatic N) is 4. The quantitative estimate of drug-likeness (QED) is 0.431. The third-order valence-electron chi connectivity index (χ3n) is 4.69. The Bertz CT molecular complexity index is 991. The van der Waals surface area contributed by atoms with Crippen LogP contribution in [0.3, 0.4) is 0 Å². The van der Waals surface area contributed by atoms with Gasteiger partial charge in [0, 0.05) is 44.3 Å². The number of carbonyl (C=O) groups is 1. The molecule has 0 saturated carbocycles. The predicted octanol–water partition coefficient (Wildman–Crippen LogP) is 4.64. The van der Waals surface area contributed by atoms with Crippen LogP contribution < -0.4 is 0 Å². The molecule has 5 nitrogen and oxygen atoms in total. The molecule has 0 radical (unpaired) electrons. The zero-order valence-electron chi connectivity index (χ0n) is 16.1. The van der Waals surface area contributed by atoms with Crippen LogP contribution in [0, 0.1) is 0 Å². The fraction of sp³-hybridized carbons (Fsp3) is 0.217. The van der Waals surface area contributed by atoms with E-state index in [0.717, 1.165) is 34.5 Å². The largest absolute Gasteiger partial charge is 0.334 e. The van der Waals surface area contributed by atoms with Crippen molar-refractivity contribution in [1.82, 2.24) is 19.9 Å². The van der Waals surface area contributed by atoms with Crippen LogP contribution in [-0.2, 0) is 24.3 Å². The van der Waals surface area contributed by atoms with Gasteiger partial charge in [-0.2, -0.15) is 0 Å². The third kappa shape index (κ3) is 5.23. The SMILES string of the molecule is O=C(CCCc1nc2ccccc2s1)N(Cc1ccncc1)Cc1cccnc1. The van der Waals surface area contributed by atoms with Crippen molar-refractivity contribution in [3.63, 3.8) is 0 Å². The number of para-hydroxylation sites is 1. The van der Waals surface area contributed by atoms with E-state index in [2.05, 4.69) is 21.0 Å². The Balaban J connectivity index is 1.39. The number of amides is 1. The molecule has 0 atom stereocenters. The number of aromatic nitrogens is 3. The first-order valence-corrected chi connectivity index (χ1v) is 10.5. The number of thiazole rings is 1. The molecular weight excluding hydrogens is 380 g/mol. The summed E-state index contributed by atoms with van der Waals surface area (Å²) in [5.74, 6) is 0.145. The van der Waals surface area contributed by atoms with Gasteiger partial charge in [-0.05, 0) is 54.3 Å². The predicted molar refractivity (Wildman–Crippen MR) is 115 cm³/mol. The Morgan fingerprint density at radius 2 is 1.72 bits per heavy atom. The number of hydrogen-bond acceptors (Lipinski definition) is 5. The van der Waals surface area contributed by atoms with E-state index in [0.29, 0.717) is 19.5 Å². The van der Waals surface area contributed by atoms with Crippen molar-refractivity contribution in [3.05, 3.63) is 89.5 Å². The number of carbonyl (C=O) groups excluding carboxylic acids is 1. The molecule has 0 unspecified atom stereocenters. The Kier molecular flexibility index (Phi) is 6.22. The first kappa shape index (κ1) is 19.2. The molecule has 0 aliphatic rings. The highest BCUT2D eigenvalue weighted by molar-refractivity contribution is 7.18. The van der Waals surface area contributed by atoms with Crippen LogP contribution in [-0.4, -0.2) is 25.8 Å². The highest BCUT2D eigenvalue weighted by Crippen LogP contribution is 2.23. The van der Waals surface area contributed by atoms with Gasteiger partial charge < -0.3 is 4.90 Å². The minimum atomic E-state index is 0.145. The van der Waals surface area contributed by atoms with Gasteiger partial charge in [0.15, 0.2) is 0 Å². The van der Waals surface area contributed by atoms with Gasteiger partial charge in [0.05, 0.1) is 15.2 Å². The number of aryl methyl sites for hydroxylation is 1. The van der Waals surface area contributed by atoms with Crippen LogP contribution in [0.1, 0.15) is 29.0 Å². The number of fused-ring (bicyclic) bond motifs is 1. The van der Waals surface area contributed by atoms with Crippen LogP contribution in [0.15, 0.2) is 73.3 Å². The lowest BCUT2D eigenvalue weighted by atomic mass is 10.1. The van der Waals surface area contributed by atoms with E-state index in [1.165, 1.54) is 4.70 Å². The summed E-state index contributed by atoms with van der Waals surface area (Å²) in [4.78, 5) is 27.8. The smallest absolute Gasteiger partial charge is 0.223 e. The van der Waals surface area contributed by atoms with E-state index < -0.39 is 0 Å². The molecule has 1 aromatic carbocycles. The summed E-state index contributed by atoms with van der Waals surface area (Å²) in [6.07, 6.45) is 9.19. The molecular formula is C23H22N4OS. The topological polar surface area (TPSA) is 59.0 Å². The van der Waals surface area contributed by atoms with Crippen LogP contribution in [0.4, 0.5) is 0 Å². The highest BCUT2D eigenvalue weighted by atomic mass is 32.1. The van der Waals surface area contributed by atoms with Gasteiger partial charge in [0.1, 0.15) is 0 Å². The van der Waals surface area contributed by atoms with Crippen molar-refractivity contribution in [2.75, 3.05) is 0 Å². The molecule has 4 rings (SSSR count). The second-order valence-corrected chi connectivity index (χ2v) is 8.01. The maximum absolute atomic E-state index is 13.0. The van der Waals surface area contributed by atoms with Crippen molar-refractivity contribution < 1.29 is 4.79 Å². The molecule has 0 N–H and O–H groups in total. The Hall–Kier alpha value is -3.12. The minimum Gasteiger partial charge on any atom is -0.334 e. The minimum absolute atomic E-state index is 0.145. The third-order valence-corrected chi connectivity index (χ3v) is 5.79. The summed E-state index contributed by atoms with van der Waals surface area (Å²) in [6, 6.07) is 16.0. The zero-order valence-corrected chi connectivity index (χ0v) is 16.9. The lowest BCUT2D eigenvalue weighted by molar-refractivity contribution is -0.132. The van der Waals surface area contributed by atoms with Crippen LogP contribution in [0.2, 0.25) is 0 Å². The fourth-order valence-electron chi connectivity index (χ4n) is 3.23. The van der Waals surface area contributed by atoms with Crippen LogP contribution >= 0.6 is 11.3 Å². The monoisotopic (exact) mass is 402 g/mol. The zero-order chi connectivity index (χ0) is 19.9. The second kappa shape index (κ2) is 9.39. The average Bonchev–Trinajstić information content (AvgIpc) is 3.17. The van der Waals surface area contributed by atoms with Gasteiger partial charge in [-0.25, -0.2) is 4.98 Å². The maximum atomic E-state index is 13.0. The lowest BCUT2D eigenvalue weighted by Crippen LogP contribution is -2.30. The van der Waals surface area contributed by atoms with Crippen molar-refractivity contribution in [2.24, 2.45) is 0 Å². The molecule has 1 amide bonds. The van der Waals surface area contributed by atoms with E-state index >= 15 is 0 Å². The second-order valence-electron chi connectivity index (χ2n) is 6.90. The number of rotatable bonds is 8. The fourth-order valence-corrected chi connectivity index (χ4v) is 4.24. The van der Waals surface area contributed by atoms with Gasteiger partial charge in [-0.1, -0.05) is 18.2 Å². The molecule has 146 valence electrons. The van der Waals surface area contributed by atoms with Gasteiger partial charge in [0.2, 0.25) is 5.91 Å². The summed E-state index contributed by atoms with van der Waals surface area (Å²) in [6.45, 7) is 1.12. The molecule has 3 aromatic heterocycles. The summed E-state index contributed by atoms with van der Waals surface area (Å²) in [7, 11) is 0. The normalized spacial score (nSPS) is 10.9. The Morgan fingerprint density at radius 3 is 2.52 bits per heavy atom. The van der Waals surface area contributed by atoms with Crippen molar-refractivity contribution in [2.45, 2.75) is 32.4 Å². The molecule has 0 saturated heterocycles. The summed E-state index contributed by atoms with van der Waals surface area (Å²) >= 11 is 1.71. The standard InChI is InChI=1S/C23H22N4OS/c28-23(9-3-8-22-26-20-6-1-2-7-21(20)29-22)27(16-18-10-13-24-14-11-18)17-19-5-4-12-25-15-19/h1-2,4-7,10-15H,3,8-9,16-17H2. The lowest BCUT2D eigenvalue weighted by Gasteiger charge is -2.23. The summed E-state index contributed by atoms with van der Waals surface area (Å²) in [5, 5.41) is 1.09. The van der Waals surface area contributed by atoms with Crippen LogP contribution in [0.25, 0.3) is 10.2 Å². The van der Waals surface area contributed by atoms with Gasteiger partial charge >= 0.3 is 0 Å². The van der Waals surface area contributed by atoms with E-state index in [1.807, 2.05) is 53.6 Å². The maximum Gasteiger partial charge on any atom is 0.223 e. The molecule has 29 heavy (non-hydrogen) atoms. The van der Waals surface area contributed by atoms with E-state index in [4.69, 9.17) is 0 Å². The molecule has 3 heterocycles. The first-order valence-electron chi connectivity index (χ1n) is 9.68. The van der Waals surface area contributed by atoms with E-state index in [1.54, 1.807) is 29.9 Å². The molecule has 0 spiro atoms. The number of benzene rings is 1. The number of hydrogen-bond donors (Lipinski definition) is 0. The molecule has 6 heteroatoms. The van der Waals surface area contributed by atoms with Crippen LogP contribution in [0.5, 0.6) is 0 Å². The molecule has 0 aliphatic carbocycles. The van der Waals surface area contributed by atoms with E-state index in [-0.39, 0.29) is 5.91 Å². The van der Waals surface area contributed by atoms with Gasteiger partial charge in [-0.15, -0.1) is 11.3 Å². The average molecular weight is 403 g/mol. The number of pyridine rings is 2. The van der Waals surface area contributed by atoms with Gasteiger partial charge in [0.25, 0.3) is 0 Å². The summed E-state index contributed by atoms with van der Waals surface area (Å²) in [5.41, 5.74) is 3.14. The molecule has 4 aromatic rings. The van der Waals surface area contributed by atoms with Crippen molar-refractivity contribution in [3.8, 4) is 0 Å². The van der Waals surface area contributed by atoms with Gasteiger partial charge in [-0.3, -0.25) is 14.8 Å². The van der Waals surface area contributed by atoms with E-state index in [9.17, 15) is 4.79 Å². The molecule has 0 aliphatic heterocycles. The Labute approximate surface area is 174 Å². The molecule has 0 bridgehead atoms. The Morgan fingerprint density at radius 1 is 0.897 bits per heavy atom. The summed E-state index contributed by atoms with van der Waals surface area (Å²) < 4.78 is 1.20.